The van der Waals surface area contributed by atoms with Crippen LogP contribution in [-0.4, -0.2) is 80.0 Å². The Morgan fingerprint density at radius 3 is 2.71 bits per heavy atom. The molecule has 0 unspecified atom stereocenters. The van der Waals surface area contributed by atoms with Crippen molar-refractivity contribution in [3.05, 3.63) is 29.8 Å². The van der Waals surface area contributed by atoms with Crippen LogP contribution in [0.3, 0.4) is 0 Å². The number of anilines is 1. The molecule has 0 spiro atoms. The average molecular weight is 333 g/mol. The van der Waals surface area contributed by atoms with Gasteiger partial charge in [0.1, 0.15) is 0 Å². The summed E-state index contributed by atoms with van der Waals surface area (Å²) < 4.78 is 5.39. The van der Waals surface area contributed by atoms with Crippen LogP contribution in [0.2, 0.25) is 0 Å². The van der Waals surface area contributed by atoms with E-state index in [1.165, 1.54) is 11.3 Å². The molecule has 3 rings (SSSR count). The molecule has 134 valence electrons. The van der Waals surface area contributed by atoms with Gasteiger partial charge in [-0.1, -0.05) is 25.1 Å². The molecule has 0 aliphatic carbocycles. The fourth-order valence-electron chi connectivity index (χ4n) is 3.91. The van der Waals surface area contributed by atoms with Crippen LogP contribution in [0.5, 0.6) is 0 Å². The smallest absolute Gasteiger partial charge is 0.0794 e. The number of ether oxygens (including phenoxy) is 1. The van der Waals surface area contributed by atoms with E-state index in [9.17, 15) is 5.11 Å². The monoisotopic (exact) mass is 333 g/mol. The number of hydrogen-bond acceptors (Lipinski definition) is 5. The highest BCUT2D eigenvalue weighted by Crippen LogP contribution is 2.27. The second-order valence-corrected chi connectivity index (χ2v) is 7.07. The van der Waals surface area contributed by atoms with Crippen molar-refractivity contribution in [1.82, 2.24) is 9.80 Å². The summed E-state index contributed by atoms with van der Waals surface area (Å²) in [5.74, 6) is 0. The van der Waals surface area contributed by atoms with Gasteiger partial charge in [-0.3, -0.25) is 9.80 Å². The molecule has 2 aliphatic heterocycles. The Kier molecular flexibility index (Phi) is 6.11. The SMILES string of the molecule is CC[C@@H]1CN(C)c2ccccc2CN1C[C@H](O)CN1CCOCC1. The van der Waals surface area contributed by atoms with E-state index in [-0.39, 0.29) is 6.10 Å². The molecule has 1 N–H and O–H groups in total. The van der Waals surface area contributed by atoms with Gasteiger partial charge >= 0.3 is 0 Å². The molecule has 24 heavy (non-hydrogen) atoms. The standard InChI is InChI=1S/C19H31N3O2/c1-3-17-13-20(2)19-7-5-4-6-16(19)12-22(17)15-18(23)14-21-8-10-24-11-9-21/h4-7,17-18,23H,3,8-15H2,1-2H3/t17-,18-/m1/s1. The van der Waals surface area contributed by atoms with E-state index >= 15 is 0 Å². The van der Waals surface area contributed by atoms with Crippen LogP contribution in [0.25, 0.3) is 0 Å². The molecule has 1 aromatic carbocycles. The zero-order chi connectivity index (χ0) is 16.9. The molecule has 5 heteroatoms. The number of hydrogen-bond donors (Lipinski definition) is 1. The van der Waals surface area contributed by atoms with E-state index in [4.69, 9.17) is 4.74 Å². The fraction of sp³-hybridized carbons (Fsp3) is 0.684. The van der Waals surface area contributed by atoms with Crippen molar-refractivity contribution in [3.8, 4) is 0 Å². The van der Waals surface area contributed by atoms with E-state index in [0.717, 1.165) is 58.9 Å². The summed E-state index contributed by atoms with van der Waals surface area (Å²) in [4.78, 5) is 7.14. The molecule has 0 saturated carbocycles. The van der Waals surface area contributed by atoms with E-state index in [1.54, 1.807) is 0 Å². The number of β-amino-alcohol motifs (C(OH)–C–C–N with tert-alkyl or cyclic N) is 1. The third-order valence-corrected chi connectivity index (χ3v) is 5.27. The quantitative estimate of drug-likeness (QED) is 0.882. The number of nitrogens with zero attached hydrogens (tertiary/aromatic N) is 3. The van der Waals surface area contributed by atoms with Crippen LogP contribution in [0.1, 0.15) is 18.9 Å². The van der Waals surface area contributed by atoms with Crippen LogP contribution >= 0.6 is 0 Å². The Balaban J connectivity index is 1.66. The van der Waals surface area contributed by atoms with Gasteiger partial charge in [0.05, 0.1) is 19.3 Å². The van der Waals surface area contributed by atoms with Gasteiger partial charge in [-0.25, -0.2) is 0 Å². The number of aliphatic hydroxyl groups excluding tert-OH is 1. The van der Waals surface area contributed by atoms with Gasteiger partial charge in [-0.15, -0.1) is 0 Å². The molecule has 0 bridgehead atoms. The minimum absolute atomic E-state index is 0.312. The topological polar surface area (TPSA) is 39.2 Å². The van der Waals surface area contributed by atoms with Gasteiger partial charge in [0.2, 0.25) is 0 Å². The van der Waals surface area contributed by atoms with Crippen LogP contribution in [0.4, 0.5) is 5.69 Å². The molecule has 0 amide bonds. The second-order valence-electron chi connectivity index (χ2n) is 7.07. The summed E-state index contributed by atoms with van der Waals surface area (Å²) in [6.07, 6.45) is 0.788. The lowest BCUT2D eigenvalue weighted by Gasteiger charge is -2.34. The number of aliphatic hydroxyl groups is 1. The van der Waals surface area contributed by atoms with Gasteiger partial charge in [0.15, 0.2) is 0 Å². The maximum absolute atomic E-state index is 10.6. The van der Waals surface area contributed by atoms with Crippen LogP contribution in [-0.2, 0) is 11.3 Å². The molecule has 2 heterocycles. The Morgan fingerprint density at radius 1 is 1.21 bits per heavy atom. The number of fused-ring (bicyclic) bond motifs is 1. The van der Waals surface area contributed by atoms with Crippen molar-refractivity contribution in [1.29, 1.82) is 0 Å². The number of morpholine rings is 1. The van der Waals surface area contributed by atoms with E-state index in [1.807, 2.05) is 0 Å². The van der Waals surface area contributed by atoms with Crippen molar-refractivity contribution in [2.75, 3.05) is 57.9 Å². The predicted molar refractivity (Wildman–Crippen MR) is 97.5 cm³/mol. The van der Waals surface area contributed by atoms with Gasteiger partial charge in [0, 0.05) is 58.0 Å². The molecular weight excluding hydrogens is 302 g/mol. The number of benzene rings is 1. The summed E-state index contributed by atoms with van der Waals surface area (Å²) in [6.45, 7) is 9.08. The number of likely N-dealkylation sites (N-methyl/N-ethyl adjacent to an activating group) is 1. The van der Waals surface area contributed by atoms with Crippen molar-refractivity contribution < 1.29 is 9.84 Å². The molecule has 2 atom stereocenters. The highest BCUT2D eigenvalue weighted by Gasteiger charge is 2.27. The summed E-state index contributed by atoms with van der Waals surface area (Å²) >= 11 is 0. The molecule has 0 radical (unpaired) electrons. The van der Waals surface area contributed by atoms with Gasteiger partial charge < -0.3 is 14.7 Å². The maximum atomic E-state index is 10.6. The third kappa shape index (κ3) is 4.28. The summed E-state index contributed by atoms with van der Waals surface area (Å²) in [6, 6.07) is 9.11. The Morgan fingerprint density at radius 2 is 1.96 bits per heavy atom. The minimum Gasteiger partial charge on any atom is -0.390 e. The largest absolute Gasteiger partial charge is 0.390 e. The molecule has 1 fully saturated rings. The highest BCUT2D eigenvalue weighted by molar-refractivity contribution is 5.54. The predicted octanol–water partition coefficient (Wildman–Crippen LogP) is 1.41. The second kappa shape index (κ2) is 8.30. The van der Waals surface area contributed by atoms with Crippen LogP contribution in [0.15, 0.2) is 24.3 Å². The van der Waals surface area contributed by atoms with Crippen molar-refractivity contribution in [2.24, 2.45) is 0 Å². The van der Waals surface area contributed by atoms with Crippen LogP contribution < -0.4 is 4.90 Å². The zero-order valence-corrected chi connectivity index (χ0v) is 15.0. The van der Waals surface area contributed by atoms with Crippen molar-refractivity contribution in [2.45, 2.75) is 32.0 Å². The van der Waals surface area contributed by atoms with E-state index in [0.29, 0.717) is 6.04 Å². The molecular formula is C19H31N3O2. The summed E-state index contributed by atoms with van der Waals surface area (Å²) in [7, 11) is 2.18. The highest BCUT2D eigenvalue weighted by atomic mass is 16.5. The minimum atomic E-state index is -0.312. The zero-order valence-electron chi connectivity index (χ0n) is 15.0. The van der Waals surface area contributed by atoms with Gasteiger partial charge in [-0.05, 0) is 18.1 Å². The number of rotatable bonds is 5. The summed E-state index contributed by atoms with van der Waals surface area (Å²) in [5.41, 5.74) is 2.68. The first-order valence-electron chi connectivity index (χ1n) is 9.18. The molecule has 0 aromatic heterocycles. The lowest BCUT2D eigenvalue weighted by Crippen LogP contribution is -2.48. The Labute approximate surface area is 145 Å². The average Bonchev–Trinajstić information content (AvgIpc) is 2.72. The van der Waals surface area contributed by atoms with Crippen molar-refractivity contribution >= 4 is 5.69 Å². The Hall–Kier alpha value is -1.14. The van der Waals surface area contributed by atoms with E-state index < -0.39 is 0 Å². The van der Waals surface area contributed by atoms with Crippen molar-refractivity contribution in [3.63, 3.8) is 0 Å². The van der Waals surface area contributed by atoms with Gasteiger partial charge in [0.25, 0.3) is 0 Å². The first-order chi connectivity index (χ1) is 11.7. The molecule has 1 saturated heterocycles. The summed E-state index contributed by atoms with van der Waals surface area (Å²) in [5, 5.41) is 10.6. The molecule has 1 aromatic rings. The lowest BCUT2D eigenvalue weighted by molar-refractivity contribution is 0.00236. The molecule has 5 nitrogen and oxygen atoms in total. The third-order valence-electron chi connectivity index (χ3n) is 5.27. The fourth-order valence-corrected chi connectivity index (χ4v) is 3.91. The molecule has 2 aliphatic rings. The van der Waals surface area contributed by atoms with Crippen LogP contribution in [0, 0.1) is 0 Å². The lowest BCUT2D eigenvalue weighted by atomic mass is 10.1. The van der Waals surface area contributed by atoms with Gasteiger partial charge in [-0.2, -0.15) is 0 Å². The maximum Gasteiger partial charge on any atom is 0.0794 e. The number of para-hydroxylation sites is 1. The Bertz CT molecular complexity index is 519. The first kappa shape index (κ1) is 17.7. The normalized spacial score (nSPS) is 24.5. The first-order valence-corrected chi connectivity index (χ1v) is 9.18. The van der Waals surface area contributed by atoms with E-state index in [2.05, 4.69) is 52.9 Å².